The number of amides is 5. The molecule has 2 fully saturated rings. The fraction of sp³-hybridized carbons (Fsp3) is 0.419. The highest BCUT2D eigenvalue weighted by atomic mass is 35.5. The van der Waals surface area contributed by atoms with Gasteiger partial charge in [0.1, 0.15) is 24.0 Å². The van der Waals surface area contributed by atoms with Gasteiger partial charge in [-0.2, -0.15) is 5.26 Å². The van der Waals surface area contributed by atoms with Gasteiger partial charge in [0.15, 0.2) is 0 Å². The van der Waals surface area contributed by atoms with E-state index in [1.807, 2.05) is 45.9 Å². The van der Waals surface area contributed by atoms with Gasteiger partial charge in [-0.25, -0.2) is 0 Å². The molecule has 1 saturated heterocycles. The minimum atomic E-state index is -1.11. The molecule has 3 aromatic rings. The number of nitrogens with two attached hydrogens (primary N) is 1. The number of primary amides is 1. The molecule has 1 aromatic heterocycles. The molecule has 7 rings (SSSR count). The van der Waals surface area contributed by atoms with Crippen LogP contribution < -0.4 is 10.5 Å². The number of hydrogen-bond donors (Lipinski definition) is 1. The SMILES string of the molecule is CC1(C)C(Oc2ccc(C#N)c(Cl)c2)C(C)(C)C1N1C(=O)CCC(N2C(=O)c3ccc(C4=CCN(CCCCc5ccc(C(N)=O)cn5)CC4)cc3C2=O)C1=O. The molecule has 13 heteroatoms. The van der Waals surface area contributed by atoms with Gasteiger partial charge in [0, 0.05) is 48.3 Å². The summed E-state index contributed by atoms with van der Waals surface area (Å²) in [6, 6.07) is 14.0. The van der Waals surface area contributed by atoms with Crippen LogP contribution in [-0.4, -0.2) is 87.0 Å². The molecule has 4 heterocycles. The standard InChI is InChI=1S/C43H45ClN6O6/c1-42(2)40(43(3,4)41(42)56-30-12-9-27(23-45)33(44)22-30)50-35(51)15-14-34(39(50)55)49-37(53)31-13-10-26(21-32(31)38(49)54)25-16-19-48(20-17-25)18-6-5-7-29-11-8-28(24-47-29)36(46)52/h8-13,16,21-22,24,34,40-41H,5-7,14-15,17-20H2,1-4H3,(H2,46,52). The fourth-order valence-corrected chi connectivity index (χ4v) is 9.66. The van der Waals surface area contributed by atoms with Gasteiger partial charge in [0.2, 0.25) is 11.8 Å². The molecule has 0 spiro atoms. The zero-order chi connectivity index (χ0) is 40.1. The number of unbranched alkanes of at least 4 members (excludes halogenated alkanes) is 1. The predicted octanol–water partition coefficient (Wildman–Crippen LogP) is 5.81. The Morgan fingerprint density at radius 2 is 1.71 bits per heavy atom. The lowest BCUT2D eigenvalue weighted by Crippen LogP contribution is -2.77. The second-order valence-electron chi connectivity index (χ2n) is 16.3. The second-order valence-corrected chi connectivity index (χ2v) is 16.7. The van der Waals surface area contributed by atoms with E-state index in [1.165, 1.54) is 11.1 Å². The molecule has 290 valence electrons. The monoisotopic (exact) mass is 776 g/mol. The van der Waals surface area contributed by atoms with E-state index < -0.39 is 52.6 Å². The number of carbonyl (C=O) groups excluding carboxylic acids is 5. The Hall–Kier alpha value is -5.38. The van der Waals surface area contributed by atoms with Gasteiger partial charge >= 0.3 is 0 Å². The van der Waals surface area contributed by atoms with Crippen LogP contribution in [0.25, 0.3) is 5.57 Å². The molecule has 1 aliphatic carbocycles. The largest absolute Gasteiger partial charge is 0.489 e. The average molecular weight is 777 g/mol. The van der Waals surface area contributed by atoms with E-state index in [-0.39, 0.29) is 34.9 Å². The lowest BCUT2D eigenvalue weighted by atomic mass is 9.48. The number of aryl methyl sites for hydroxylation is 1. The van der Waals surface area contributed by atoms with Crippen LogP contribution in [0.5, 0.6) is 5.75 Å². The molecule has 0 radical (unpaired) electrons. The topological polar surface area (TPSA) is 167 Å². The van der Waals surface area contributed by atoms with E-state index in [9.17, 15) is 29.2 Å². The quantitative estimate of drug-likeness (QED) is 0.187. The number of nitrogens with zero attached hydrogens (tertiary/aromatic N) is 5. The summed E-state index contributed by atoms with van der Waals surface area (Å²) in [7, 11) is 0. The minimum absolute atomic E-state index is 0.0127. The van der Waals surface area contributed by atoms with Crippen LogP contribution in [-0.2, 0) is 16.0 Å². The molecule has 2 N–H and O–H groups in total. The smallest absolute Gasteiger partial charge is 0.262 e. The van der Waals surface area contributed by atoms with Crippen LogP contribution in [0.2, 0.25) is 5.02 Å². The van der Waals surface area contributed by atoms with Gasteiger partial charge in [0.05, 0.1) is 33.3 Å². The van der Waals surface area contributed by atoms with Crippen molar-refractivity contribution >= 4 is 46.7 Å². The van der Waals surface area contributed by atoms with E-state index in [1.54, 1.807) is 36.4 Å². The number of aromatic nitrogens is 1. The van der Waals surface area contributed by atoms with Gasteiger partial charge in [-0.3, -0.25) is 43.7 Å². The van der Waals surface area contributed by atoms with Crippen molar-refractivity contribution in [1.29, 1.82) is 5.26 Å². The van der Waals surface area contributed by atoms with E-state index >= 15 is 0 Å². The number of carbonyl (C=O) groups is 5. The Kier molecular flexibility index (Phi) is 10.4. The Bertz CT molecular complexity index is 2190. The van der Waals surface area contributed by atoms with Crippen LogP contribution >= 0.6 is 11.6 Å². The number of ether oxygens (including phenoxy) is 1. The Morgan fingerprint density at radius 3 is 2.36 bits per heavy atom. The average Bonchev–Trinajstić information content (AvgIpc) is 3.42. The number of fused-ring (bicyclic) bond motifs is 1. The number of nitriles is 1. The van der Waals surface area contributed by atoms with Crippen LogP contribution in [0.1, 0.15) is 108 Å². The number of imide groups is 2. The molecule has 1 atom stereocenters. The summed E-state index contributed by atoms with van der Waals surface area (Å²) in [5, 5.41) is 9.53. The molecule has 1 saturated carbocycles. The Labute approximate surface area is 331 Å². The van der Waals surface area contributed by atoms with Crippen molar-refractivity contribution in [3.63, 3.8) is 0 Å². The number of benzene rings is 2. The first-order valence-corrected chi connectivity index (χ1v) is 19.4. The molecular weight excluding hydrogens is 732 g/mol. The zero-order valence-electron chi connectivity index (χ0n) is 32.0. The first-order valence-electron chi connectivity index (χ1n) is 19.0. The van der Waals surface area contributed by atoms with Gasteiger partial charge in [-0.1, -0.05) is 51.4 Å². The van der Waals surface area contributed by atoms with Crippen LogP contribution in [0, 0.1) is 22.2 Å². The second kappa shape index (κ2) is 14.9. The molecular formula is C43H45ClN6O6. The summed E-state index contributed by atoms with van der Waals surface area (Å²) in [6.45, 7) is 10.3. The summed E-state index contributed by atoms with van der Waals surface area (Å²) in [5.41, 5.74) is 8.05. The summed E-state index contributed by atoms with van der Waals surface area (Å²) in [6.07, 6.45) is 6.88. The van der Waals surface area contributed by atoms with Crippen molar-refractivity contribution in [3.05, 3.63) is 99.3 Å². The molecule has 56 heavy (non-hydrogen) atoms. The lowest BCUT2D eigenvalue weighted by Gasteiger charge is -2.65. The van der Waals surface area contributed by atoms with Gasteiger partial charge in [-0.15, -0.1) is 0 Å². The van der Waals surface area contributed by atoms with E-state index in [0.29, 0.717) is 16.9 Å². The highest BCUT2D eigenvalue weighted by Gasteiger charge is 2.68. The third-order valence-corrected chi connectivity index (χ3v) is 12.2. The molecule has 12 nitrogen and oxygen atoms in total. The van der Waals surface area contributed by atoms with Crippen LogP contribution in [0.3, 0.4) is 0 Å². The molecule has 4 aliphatic rings. The maximum absolute atomic E-state index is 14.3. The molecule has 1 unspecified atom stereocenters. The Morgan fingerprint density at radius 1 is 0.964 bits per heavy atom. The highest BCUT2D eigenvalue weighted by Crippen LogP contribution is 2.58. The maximum Gasteiger partial charge on any atom is 0.262 e. The lowest BCUT2D eigenvalue weighted by molar-refractivity contribution is -0.216. The third kappa shape index (κ3) is 6.88. The predicted molar refractivity (Wildman–Crippen MR) is 208 cm³/mol. The molecule has 3 aliphatic heterocycles. The van der Waals surface area contributed by atoms with Crippen molar-refractivity contribution in [3.8, 4) is 11.8 Å². The number of piperidine rings is 1. The maximum atomic E-state index is 14.3. The number of halogens is 1. The highest BCUT2D eigenvalue weighted by molar-refractivity contribution is 6.31. The van der Waals surface area contributed by atoms with Gasteiger partial charge in [0.25, 0.3) is 17.7 Å². The van der Waals surface area contributed by atoms with E-state index in [4.69, 9.17) is 22.1 Å². The molecule has 2 aromatic carbocycles. The zero-order valence-corrected chi connectivity index (χ0v) is 32.8. The van der Waals surface area contributed by atoms with E-state index in [0.717, 1.165) is 67.0 Å². The summed E-state index contributed by atoms with van der Waals surface area (Å²) in [4.78, 5) is 76.0. The van der Waals surface area contributed by atoms with Gasteiger partial charge < -0.3 is 10.5 Å². The Balaban J connectivity index is 0.994. The number of pyridine rings is 1. The van der Waals surface area contributed by atoms with E-state index in [2.05, 4.69) is 16.0 Å². The van der Waals surface area contributed by atoms with Crippen molar-refractivity contribution in [2.75, 3.05) is 19.6 Å². The molecule has 0 bridgehead atoms. The number of rotatable bonds is 11. The first-order chi connectivity index (χ1) is 26.6. The first kappa shape index (κ1) is 38.9. The normalized spacial score (nSPS) is 23.0. The van der Waals surface area contributed by atoms with Gasteiger partial charge in [-0.05, 0) is 86.2 Å². The van der Waals surface area contributed by atoms with Crippen molar-refractivity contribution < 1.29 is 28.7 Å². The van der Waals surface area contributed by atoms with Crippen molar-refractivity contribution in [1.82, 2.24) is 19.7 Å². The summed E-state index contributed by atoms with van der Waals surface area (Å²) < 4.78 is 6.39. The van der Waals surface area contributed by atoms with Crippen molar-refractivity contribution in [2.45, 2.75) is 84.4 Å². The van der Waals surface area contributed by atoms with Crippen LogP contribution in [0.15, 0.2) is 60.8 Å². The summed E-state index contributed by atoms with van der Waals surface area (Å²) >= 11 is 6.26. The number of hydrogen-bond acceptors (Lipinski definition) is 9. The third-order valence-electron chi connectivity index (χ3n) is 11.9. The minimum Gasteiger partial charge on any atom is -0.489 e. The van der Waals surface area contributed by atoms with Crippen molar-refractivity contribution in [2.24, 2.45) is 16.6 Å². The summed E-state index contributed by atoms with van der Waals surface area (Å²) in [5.74, 6) is -1.98. The molecule has 5 amide bonds. The fourth-order valence-electron chi connectivity index (χ4n) is 9.45. The number of likely N-dealkylation sites (tertiary alicyclic amines) is 1. The van der Waals surface area contributed by atoms with Crippen LogP contribution in [0.4, 0.5) is 0 Å².